The van der Waals surface area contributed by atoms with Gasteiger partial charge in [0.25, 0.3) is 0 Å². The molecule has 0 aromatic rings. The first kappa shape index (κ1) is 12.9. The van der Waals surface area contributed by atoms with Crippen molar-refractivity contribution in [3.8, 4) is 0 Å². The average Bonchev–Trinajstić information content (AvgIpc) is 2.26. The lowest BCUT2D eigenvalue weighted by molar-refractivity contribution is -0.161. The molecule has 0 bridgehead atoms. The second-order valence-electron chi connectivity index (χ2n) is 6.53. The first-order chi connectivity index (χ1) is 7.96. The van der Waals surface area contributed by atoms with E-state index in [9.17, 15) is 4.79 Å². The number of carbonyl (C=O) groups excluding carboxylic acids is 1. The second kappa shape index (κ2) is 4.97. The zero-order valence-corrected chi connectivity index (χ0v) is 11.3. The van der Waals surface area contributed by atoms with Gasteiger partial charge >= 0.3 is 5.97 Å². The molecule has 1 aliphatic heterocycles. The van der Waals surface area contributed by atoms with Crippen LogP contribution in [0.4, 0.5) is 0 Å². The van der Waals surface area contributed by atoms with Gasteiger partial charge in [0.05, 0.1) is 5.92 Å². The predicted molar refractivity (Wildman–Crippen MR) is 67.7 cm³/mol. The minimum atomic E-state index is -0.361. The van der Waals surface area contributed by atoms with Gasteiger partial charge < -0.3 is 10.1 Å². The van der Waals surface area contributed by atoms with Crippen LogP contribution in [0.1, 0.15) is 52.9 Å². The Hall–Kier alpha value is -0.570. The van der Waals surface area contributed by atoms with Crippen molar-refractivity contribution < 1.29 is 9.53 Å². The molecule has 1 saturated heterocycles. The molecule has 1 aliphatic carbocycles. The van der Waals surface area contributed by atoms with Gasteiger partial charge in [-0.1, -0.05) is 12.8 Å². The number of esters is 1. The topological polar surface area (TPSA) is 38.3 Å². The van der Waals surface area contributed by atoms with Gasteiger partial charge in [0.2, 0.25) is 0 Å². The molecule has 1 heterocycles. The Labute approximate surface area is 104 Å². The minimum absolute atomic E-state index is 0.0194. The summed E-state index contributed by atoms with van der Waals surface area (Å²) in [5.41, 5.74) is -0.361. The van der Waals surface area contributed by atoms with Gasteiger partial charge in [-0.3, -0.25) is 4.79 Å². The molecule has 98 valence electrons. The van der Waals surface area contributed by atoms with Crippen molar-refractivity contribution in [3.05, 3.63) is 0 Å². The lowest BCUT2D eigenvalue weighted by Crippen LogP contribution is -2.49. The summed E-state index contributed by atoms with van der Waals surface area (Å²) in [7, 11) is 0. The molecule has 2 fully saturated rings. The number of ether oxygens (including phenoxy) is 1. The molecule has 0 spiro atoms. The standard InChI is InChI=1S/C14H25NO2/c1-14(2,3)17-13(16)11-8-10-6-4-5-7-12(10)15-9-11/h10-12,15H,4-9H2,1-3H3. The van der Waals surface area contributed by atoms with Crippen molar-refractivity contribution >= 4 is 5.97 Å². The zero-order valence-electron chi connectivity index (χ0n) is 11.3. The largest absolute Gasteiger partial charge is 0.460 e. The SMILES string of the molecule is CC(C)(C)OC(=O)C1CNC2CCCCC2C1. The highest BCUT2D eigenvalue weighted by Crippen LogP contribution is 2.33. The molecule has 1 N–H and O–H groups in total. The van der Waals surface area contributed by atoms with Crippen molar-refractivity contribution in [1.82, 2.24) is 5.32 Å². The van der Waals surface area contributed by atoms with Gasteiger partial charge in [-0.2, -0.15) is 0 Å². The highest BCUT2D eigenvalue weighted by atomic mass is 16.6. The van der Waals surface area contributed by atoms with Crippen LogP contribution >= 0.6 is 0 Å². The number of hydrogen-bond acceptors (Lipinski definition) is 3. The van der Waals surface area contributed by atoms with Crippen LogP contribution in [-0.4, -0.2) is 24.2 Å². The summed E-state index contributed by atoms with van der Waals surface area (Å²) in [6.07, 6.45) is 6.24. The fraction of sp³-hybridized carbons (Fsp3) is 0.929. The fourth-order valence-electron chi connectivity index (χ4n) is 3.07. The minimum Gasteiger partial charge on any atom is -0.460 e. The molecule has 2 aliphatic rings. The number of rotatable bonds is 1. The number of fused-ring (bicyclic) bond motifs is 1. The van der Waals surface area contributed by atoms with Crippen LogP contribution in [0, 0.1) is 11.8 Å². The number of nitrogens with one attached hydrogen (secondary N) is 1. The van der Waals surface area contributed by atoms with Crippen LogP contribution in [0.5, 0.6) is 0 Å². The molecule has 3 nitrogen and oxygen atoms in total. The summed E-state index contributed by atoms with van der Waals surface area (Å²) in [6, 6.07) is 0.655. The molecule has 0 radical (unpaired) electrons. The molecule has 3 heteroatoms. The Morgan fingerprint density at radius 2 is 1.94 bits per heavy atom. The molecule has 17 heavy (non-hydrogen) atoms. The maximum absolute atomic E-state index is 12.0. The molecule has 0 amide bonds. The molecule has 0 aromatic carbocycles. The van der Waals surface area contributed by atoms with E-state index in [1.54, 1.807) is 0 Å². The normalized spacial score (nSPS) is 33.9. The molecular formula is C14H25NO2. The van der Waals surface area contributed by atoms with Gasteiger partial charge in [-0.15, -0.1) is 0 Å². The van der Waals surface area contributed by atoms with Crippen molar-refractivity contribution in [2.75, 3.05) is 6.54 Å². The number of carbonyl (C=O) groups is 1. The van der Waals surface area contributed by atoms with E-state index in [0.717, 1.165) is 13.0 Å². The van der Waals surface area contributed by atoms with Crippen LogP contribution in [0.2, 0.25) is 0 Å². The summed E-state index contributed by atoms with van der Waals surface area (Å²) in [4.78, 5) is 12.0. The van der Waals surface area contributed by atoms with Crippen molar-refractivity contribution in [2.45, 2.75) is 64.5 Å². The third kappa shape index (κ3) is 3.44. The summed E-state index contributed by atoms with van der Waals surface area (Å²) in [5, 5.41) is 3.54. The van der Waals surface area contributed by atoms with E-state index in [1.165, 1.54) is 25.7 Å². The van der Waals surface area contributed by atoms with E-state index in [0.29, 0.717) is 12.0 Å². The van der Waals surface area contributed by atoms with E-state index in [-0.39, 0.29) is 17.5 Å². The molecule has 3 atom stereocenters. The van der Waals surface area contributed by atoms with E-state index < -0.39 is 0 Å². The third-order valence-electron chi connectivity index (χ3n) is 3.86. The molecular weight excluding hydrogens is 214 g/mol. The number of hydrogen-bond donors (Lipinski definition) is 1. The van der Waals surface area contributed by atoms with Crippen LogP contribution in [0.3, 0.4) is 0 Å². The highest BCUT2D eigenvalue weighted by Gasteiger charge is 2.36. The monoisotopic (exact) mass is 239 g/mol. The van der Waals surface area contributed by atoms with Crippen molar-refractivity contribution in [1.29, 1.82) is 0 Å². The van der Waals surface area contributed by atoms with Gasteiger partial charge in [0.15, 0.2) is 0 Å². The summed E-state index contributed by atoms with van der Waals surface area (Å²) < 4.78 is 5.48. The van der Waals surface area contributed by atoms with E-state index in [1.807, 2.05) is 20.8 Å². The summed E-state index contributed by atoms with van der Waals surface area (Å²) in [6.45, 7) is 6.61. The Balaban J connectivity index is 1.89. The van der Waals surface area contributed by atoms with Crippen molar-refractivity contribution in [3.63, 3.8) is 0 Å². The smallest absolute Gasteiger partial charge is 0.310 e. The van der Waals surface area contributed by atoms with Gasteiger partial charge in [-0.05, 0) is 46.0 Å². The zero-order chi connectivity index (χ0) is 12.5. The molecule has 3 unspecified atom stereocenters. The van der Waals surface area contributed by atoms with Crippen LogP contribution in [0.25, 0.3) is 0 Å². The van der Waals surface area contributed by atoms with E-state index in [4.69, 9.17) is 4.74 Å². The molecule has 0 aromatic heterocycles. The van der Waals surface area contributed by atoms with E-state index >= 15 is 0 Å². The lowest BCUT2D eigenvalue weighted by atomic mass is 9.76. The Bertz CT molecular complexity index is 282. The number of piperidine rings is 1. The first-order valence-corrected chi connectivity index (χ1v) is 6.92. The fourth-order valence-corrected chi connectivity index (χ4v) is 3.07. The second-order valence-corrected chi connectivity index (χ2v) is 6.53. The van der Waals surface area contributed by atoms with Gasteiger partial charge in [0, 0.05) is 12.6 Å². The summed E-state index contributed by atoms with van der Waals surface area (Å²) in [5.74, 6) is 0.734. The maximum atomic E-state index is 12.0. The first-order valence-electron chi connectivity index (χ1n) is 6.92. The Morgan fingerprint density at radius 3 is 2.65 bits per heavy atom. The van der Waals surface area contributed by atoms with Crippen LogP contribution in [-0.2, 0) is 9.53 Å². The van der Waals surface area contributed by atoms with Crippen LogP contribution in [0.15, 0.2) is 0 Å². The van der Waals surface area contributed by atoms with E-state index in [2.05, 4.69) is 5.32 Å². The van der Waals surface area contributed by atoms with Crippen molar-refractivity contribution in [2.24, 2.45) is 11.8 Å². The van der Waals surface area contributed by atoms with Gasteiger partial charge in [-0.25, -0.2) is 0 Å². The molecule has 2 rings (SSSR count). The quantitative estimate of drug-likeness (QED) is 0.714. The van der Waals surface area contributed by atoms with Gasteiger partial charge in [0.1, 0.15) is 5.60 Å². The third-order valence-corrected chi connectivity index (χ3v) is 3.86. The predicted octanol–water partition coefficient (Wildman–Crippen LogP) is 2.50. The van der Waals surface area contributed by atoms with Crippen LogP contribution < -0.4 is 5.32 Å². The lowest BCUT2D eigenvalue weighted by Gasteiger charge is -2.39. The average molecular weight is 239 g/mol. The Kier molecular flexibility index (Phi) is 3.76. The Morgan fingerprint density at radius 1 is 1.24 bits per heavy atom. The summed E-state index contributed by atoms with van der Waals surface area (Å²) >= 11 is 0. The maximum Gasteiger partial charge on any atom is 0.310 e. The highest BCUT2D eigenvalue weighted by molar-refractivity contribution is 5.73. The molecule has 1 saturated carbocycles.